The Morgan fingerprint density at radius 1 is 1.03 bits per heavy atom. The van der Waals surface area contributed by atoms with Gasteiger partial charge >= 0.3 is 12.1 Å². The van der Waals surface area contributed by atoms with Gasteiger partial charge in [0.1, 0.15) is 16.9 Å². The van der Waals surface area contributed by atoms with Crippen LogP contribution >= 0.6 is 0 Å². The second-order valence-corrected chi connectivity index (χ2v) is 10.1. The van der Waals surface area contributed by atoms with Gasteiger partial charge in [0.15, 0.2) is 0 Å². The third-order valence-electron chi connectivity index (χ3n) is 6.03. The number of ether oxygens (including phenoxy) is 2. The summed E-state index contributed by atoms with van der Waals surface area (Å²) < 4.78 is 12.4. The van der Waals surface area contributed by atoms with Crippen LogP contribution < -0.4 is 5.32 Å². The molecule has 194 valence electrons. The summed E-state index contributed by atoms with van der Waals surface area (Å²) in [6.07, 6.45) is 4.32. The minimum absolute atomic E-state index is 0.387. The first-order valence-electron chi connectivity index (χ1n) is 12.6. The van der Waals surface area contributed by atoms with E-state index in [2.05, 4.69) is 33.9 Å². The summed E-state index contributed by atoms with van der Waals surface area (Å²) in [5.74, 6) is 0.626. The number of esters is 1. The number of benzene rings is 2. The molecule has 1 N–H and O–H groups in total. The van der Waals surface area contributed by atoms with Gasteiger partial charge in [0.2, 0.25) is 0 Å². The van der Waals surface area contributed by atoms with E-state index in [1.807, 2.05) is 39.0 Å². The fraction of sp³-hybridized carbons (Fsp3) is 0.379. The molecule has 2 aromatic heterocycles. The third-order valence-corrected chi connectivity index (χ3v) is 6.03. The number of carbonyl (C=O) groups is 2. The lowest BCUT2D eigenvalue weighted by molar-refractivity contribution is 0.0522. The smallest absolute Gasteiger partial charge is 0.407 e. The number of amides is 1. The van der Waals surface area contributed by atoms with Crippen LogP contribution in [0.3, 0.4) is 0 Å². The van der Waals surface area contributed by atoms with Gasteiger partial charge in [-0.1, -0.05) is 37.6 Å². The van der Waals surface area contributed by atoms with E-state index in [1.54, 1.807) is 18.3 Å². The van der Waals surface area contributed by atoms with Crippen LogP contribution in [0.25, 0.3) is 21.9 Å². The summed E-state index contributed by atoms with van der Waals surface area (Å²) in [7, 11) is 1.37. The highest BCUT2D eigenvalue weighted by atomic mass is 16.6. The summed E-state index contributed by atoms with van der Waals surface area (Å²) in [6.45, 7) is 8.73. The predicted molar refractivity (Wildman–Crippen MR) is 144 cm³/mol. The molecule has 8 nitrogen and oxygen atoms in total. The summed E-state index contributed by atoms with van der Waals surface area (Å²) >= 11 is 0. The van der Waals surface area contributed by atoms with Crippen molar-refractivity contribution in [1.82, 2.24) is 19.9 Å². The number of aryl methyl sites for hydroxylation is 1. The highest BCUT2D eigenvalue weighted by molar-refractivity contribution is 6.04. The van der Waals surface area contributed by atoms with Gasteiger partial charge in [0.25, 0.3) is 0 Å². The molecule has 0 radical (unpaired) electrons. The maximum absolute atomic E-state index is 12.0. The number of rotatable bonds is 8. The zero-order chi connectivity index (χ0) is 26.6. The lowest BCUT2D eigenvalue weighted by Crippen LogP contribution is -2.32. The van der Waals surface area contributed by atoms with Crippen molar-refractivity contribution in [3.63, 3.8) is 0 Å². The van der Waals surface area contributed by atoms with Crippen LogP contribution in [-0.2, 0) is 29.0 Å². The van der Waals surface area contributed by atoms with Crippen LogP contribution in [-0.4, -0.2) is 39.3 Å². The van der Waals surface area contributed by atoms with E-state index in [1.165, 1.54) is 7.11 Å². The molecule has 0 bridgehead atoms. The Hall–Kier alpha value is -3.94. The molecule has 2 heterocycles. The third kappa shape index (κ3) is 6.25. The topological polar surface area (TPSA) is 95.3 Å². The number of hydrogen-bond acceptors (Lipinski definition) is 6. The number of unbranched alkanes of at least 4 members (excludes halogenated alkanes) is 1. The molecule has 0 unspecified atom stereocenters. The molecule has 0 spiro atoms. The van der Waals surface area contributed by atoms with Gasteiger partial charge in [0.05, 0.1) is 29.9 Å². The van der Waals surface area contributed by atoms with Gasteiger partial charge in [-0.3, -0.25) is 4.98 Å². The largest absolute Gasteiger partial charge is 0.465 e. The number of pyridine rings is 1. The normalized spacial score (nSPS) is 11.6. The number of nitrogens with one attached hydrogen (secondary N) is 1. The molecule has 4 rings (SSSR count). The van der Waals surface area contributed by atoms with Gasteiger partial charge in [-0.25, -0.2) is 14.6 Å². The fourth-order valence-corrected chi connectivity index (χ4v) is 4.24. The zero-order valence-corrected chi connectivity index (χ0v) is 22.1. The molecular formula is C29H34N4O4. The average molecular weight is 503 g/mol. The maximum atomic E-state index is 12.0. The van der Waals surface area contributed by atoms with E-state index in [9.17, 15) is 9.59 Å². The maximum Gasteiger partial charge on any atom is 0.407 e. The molecule has 0 saturated carbocycles. The monoisotopic (exact) mass is 502 g/mol. The van der Waals surface area contributed by atoms with Crippen molar-refractivity contribution in [3.05, 3.63) is 71.2 Å². The van der Waals surface area contributed by atoms with Gasteiger partial charge in [-0.15, -0.1) is 0 Å². The number of imidazole rings is 1. The van der Waals surface area contributed by atoms with Gasteiger partial charge < -0.3 is 19.4 Å². The highest BCUT2D eigenvalue weighted by Gasteiger charge is 2.17. The molecular weight excluding hydrogens is 468 g/mol. The molecule has 0 aliphatic rings. The minimum atomic E-state index is -0.530. The summed E-state index contributed by atoms with van der Waals surface area (Å²) in [6, 6.07) is 13.6. The molecule has 37 heavy (non-hydrogen) atoms. The van der Waals surface area contributed by atoms with E-state index in [4.69, 9.17) is 14.5 Å². The number of aromatic nitrogens is 3. The Morgan fingerprint density at radius 2 is 1.76 bits per heavy atom. The fourth-order valence-electron chi connectivity index (χ4n) is 4.24. The number of alkyl carbamates (subject to hydrolysis) is 1. The van der Waals surface area contributed by atoms with Gasteiger partial charge in [0, 0.05) is 24.9 Å². The van der Waals surface area contributed by atoms with Crippen molar-refractivity contribution in [2.24, 2.45) is 0 Å². The van der Waals surface area contributed by atoms with Crippen molar-refractivity contribution in [3.8, 4) is 0 Å². The van der Waals surface area contributed by atoms with E-state index in [0.29, 0.717) is 18.7 Å². The molecule has 0 aliphatic carbocycles. The number of fused-ring (bicyclic) bond motifs is 3. The van der Waals surface area contributed by atoms with Crippen LogP contribution in [0.5, 0.6) is 0 Å². The van der Waals surface area contributed by atoms with Crippen molar-refractivity contribution in [1.29, 1.82) is 0 Å². The first-order valence-corrected chi connectivity index (χ1v) is 12.6. The Labute approximate surface area is 217 Å². The van der Waals surface area contributed by atoms with Crippen molar-refractivity contribution in [2.75, 3.05) is 7.11 Å². The van der Waals surface area contributed by atoms with Crippen molar-refractivity contribution in [2.45, 2.75) is 65.6 Å². The molecule has 1 amide bonds. The predicted octanol–water partition coefficient (Wildman–Crippen LogP) is 5.79. The number of hydrogen-bond donors (Lipinski definition) is 1. The van der Waals surface area contributed by atoms with Crippen LogP contribution in [0.15, 0.2) is 48.7 Å². The lowest BCUT2D eigenvalue weighted by atomic mass is 10.1. The SMILES string of the molecule is CCCCc1nc2cnc3cc(C(=O)OC)ccc3c2n1Cc1ccc(CNC(=O)OC(C)(C)C)cc1. The second kappa shape index (κ2) is 11.0. The van der Waals surface area contributed by atoms with Crippen LogP contribution in [0, 0.1) is 0 Å². The molecule has 4 aromatic rings. The van der Waals surface area contributed by atoms with E-state index >= 15 is 0 Å². The lowest BCUT2D eigenvalue weighted by Gasteiger charge is -2.19. The summed E-state index contributed by atoms with van der Waals surface area (Å²) in [5, 5.41) is 3.74. The van der Waals surface area contributed by atoms with E-state index in [-0.39, 0.29) is 5.97 Å². The van der Waals surface area contributed by atoms with Crippen LogP contribution in [0.4, 0.5) is 4.79 Å². The standard InChI is InChI=1S/C29H34N4O4/c1-6-7-8-25-32-24-17-30-23-15-21(27(34)36-5)13-14-22(23)26(24)33(25)18-20-11-9-19(10-12-20)16-31-28(35)37-29(2,3)4/h9-15,17H,6-8,16,18H2,1-5H3,(H,31,35). The zero-order valence-electron chi connectivity index (χ0n) is 22.1. The minimum Gasteiger partial charge on any atom is -0.465 e. The van der Waals surface area contributed by atoms with Crippen LogP contribution in [0.1, 0.15) is 67.8 Å². The Kier molecular flexibility index (Phi) is 7.76. The average Bonchev–Trinajstić information content (AvgIpc) is 3.22. The second-order valence-electron chi connectivity index (χ2n) is 10.1. The number of nitrogens with zero attached hydrogens (tertiary/aromatic N) is 3. The Morgan fingerprint density at radius 3 is 2.43 bits per heavy atom. The van der Waals surface area contributed by atoms with Gasteiger partial charge in [-0.05, 0) is 56.5 Å². The summed E-state index contributed by atoms with van der Waals surface area (Å²) in [4.78, 5) is 33.5. The highest BCUT2D eigenvalue weighted by Crippen LogP contribution is 2.27. The Bertz CT molecular complexity index is 1420. The molecule has 0 aliphatic heterocycles. The first-order chi connectivity index (χ1) is 17.7. The quantitative estimate of drug-likeness (QED) is 0.307. The molecule has 0 atom stereocenters. The molecule has 2 aromatic carbocycles. The molecule has 0 fully saturated rings. The van der Waals surface area contributed by atoms with Gasteiger partial charge in [-0.2, -0.15) is 0 Å². The number of carbonyl (C=O) groups excluding carboxylic acids is 2. The summed E-state index contributed by atoms with van der Waals surface area (Å²) in [5.41, 5.74) is 4.61. The van der Waals surface area contributed by atoms with Crippen LogP contribution in [0.2, 0.25) is 0 Å². The first kappa shape index (κ1) is 26.1. The van der Waals surface area contributed by atoms with Crippen molar-refractivity contribution >= 4 is 34.0 Å². The molecule has 8 heteroatoms. The Balaban J connectivity index is 1.63. The van der Waals surface area contributed by atoms with Crippen molar-refractivity contribution < 1.29 is 19.1 Å². The molecule has 0 saturated heterocycles. The van der Waals surface area contributed by atoms with E-state index in [0.717, 1.165) is 58.2 Å². The number of methoxy groups -OCH3 is 1. The van der Waals surface area contributed by atoms with E-state index < -0.39 is 11.7 Å².